The summed E-state index contributed by atoms with van der Waals surface area (Å²) in [5.74, 6) is 0.0541. The first-order chi connectivity index (χ1) is 9.01. The average molecular weight is 268 g/mol. The molecule has 1 saturated heterocycles. The molecule has 19 heavy (non-hydrogen) atoms. The molecule has 2 rings (SSSR count). The number of hydrogen-bond acceptors (Lipinski definition) is 4. The summed E-state index contributed by atoms with van der Waals surface area (Å²) in [7, 11) is 0. The molecule has 5 heteroatoms. The molecule has 1 fully saturated rings. The summed E-state index contributed by atoms with van der Waals surface area (Å²) in [6, 6.07) is 2.96. The summed E-state index contributed by atoms with van der Waals surface area (Å²) in [5, 5.41) is 9.18. The van der Waals surface area contributed by atoms with E-state index in [1.165, 1.54) is 6.07 Å². The Balaban J connectivity index is 2.25. The van der Waals surface area contributed by atoms with Gasteiger partial charge in [0.15, 0.2) is 11.6 Å². The summed E-state index contributed by atoms with van der Waals surface area (Å²) in [6.45, 7) is 5.45. The topological polar surface area (TPSA) is 58.7 Å². The number of hydrogen-bond donors (Lipinski definition) is 2. The van der Waals surface area contributed by atoms with Crippen molar-refractivity contribution in [3.8, 4) is 5.75 Å². The minimum absolute atomic E-state index is 0.0882. The smallest absolute Gasteiger partial charge is 0.167 e. The summed E-state index contributed by atoms with van der Waals surface area (Å²) < 4.78 is 19.2. The SMILES string of the molecule is CC(C)Oc1cc(N2CCC(CO)C2)c(N)cc1F. The van der Waals surface area contributed by atoms with Gasteiger partial charge in [0.1, 0.15) is 0 Å². The number of ether oxygens (including phenoxy) is 1. The van der Waals surface area contributed by atoms with Crippen LogP contribution in [0.5, 0.6) is 5.75 Å². The number of halogens is 1. The largest absolute Gasteiger partial charge is 0.488 e. The molecule has 0 aromatic heterocycles. The lowest BCUT2D eigenvalue weighted by Gasteiger charge is -2.22. The molecule has 1 aromatic rings. The minimum atomic E-state index is -0.437. The first kappa shape index (κ1) is 13.9. The summed E-state index contributed by atoms with van der Waals surface area (Å²) in [6.07, 6.45) is 0.836. The van der Waals surface area contributed by atoms with Gasteiger partial charge in [0.05, 0.1) is 17.5 Å². The zero-order chi connectivity index (χ0) is 14.0. The number of rotatable bonds is 4. The molecule has 4 nitrogen and oxygen atoms in total. The van der Waals surface area contributed by atoms with Crippen molar-refractivity contribution in [2.45, 2.75) is 26.4 Å². The van der Waals surface area contributed by atoms with Gasteiger partial charge < -0.3 is 20.5 Å². The van der Waals surface area contributed by atoms with Gasteiger partial charge in [-0.05, 0) is 20.3 Å². The van der Waals surface area contributed by atoms with Gasteiger partial charge in [-0.2, -0.15) is 0 Å². The van der Waals surface area contributed by atoms with Gasteiger partial charge in [-0.15, -0.1) is 0 Å². The second kappa shape index (κ2) is 5.65. The quantitative estimate of drug-likeness (QED) is 0.820. The molecular formula is C14H21FN2O2. The van der Waals surface area contributed by atoms with Crippen molar-refractivity contribution in [2.75, 3.05) is 30.3 Å². The summed E-state index contributed by atoms with van der Waals surface area (Å²) in [5.41, 5.74) is 7.08. The average Bonchev–Trinajstić information content (AvgIpc) is 2.80. The minimum Gasteiger partial charge on any atom is -0.488 e. The van der Waals surface area contributed by atoms with E-state index in [0.29, 0.717) is 5.69 Å². The molecule has 1 heterocycles. The summed E-state index contributed by atoms with van der Waals surface area (Å²) >= 11 is 0. The molecular weight excluding hydrogens is 247 g/mol. The number of nitrogens with zero attached hydrogens (tertiary/aromatic N) is 1. The predicted molar refractivity (Wildman–Crippen MR) is 74.0 cm³/mol. The number of nitrogens with two attached hydrogens (primary N) is 1. The Kier molecular flexibility index (Phi) is 4.14. The van der Waals surface area contributed by atoms with Crippen LogP contribution in [-0.2, 0) is 0 Å². The van der Waals surface area contributed by atoms with E-state index in [2.05, 4.69) is 4.90 Å². The highest BCUT2D eigenvalue weighted by atomic mass is 19.1. The van der Waals surface area contributed by atoms with Crippen LogP contribution in [0.2, 0.25) is 0 Å². The third-order valence-electron chi connectivity index (χ3n) is 3.33. The molecule has 1 atom stereocenters. The Morgan fingerprint density at radius 2 is 2.26 bits per heavy atom. The fraction of sp³-hybridized carbons (Fsp3) is 0.571. The van der Waals surface area contributed by atoms with Gasteiger partial charge in [0, 0.05) is 37.7 Å². The predicted octanol–water partition coefficient (Wildman–Crippen LogP) is 2.01. The molecule has 106 valence electrons. The maximum absolute atomic E-state index is 13.8. The van der Waals surface area contributed by atoms with Crippen LogP contribution >= 0.6 is 0 Å². The fourth-order valence-corrected chi connectivity index (χ4v) is 2.38. The van der Waals surface area contributed by atoms with Crippen molar-refractivity contribution in [2.24, 2.45) is 5.92 Å². The van der Waals surface area contributed by atoms with E-state index in [4.69, 9.17) is 10.5 Å². The first-order valence-corrected chi connectivity index (χ1v) is 6.62. The number of aliphatic hydroxyl groups is 1. The third kappa shape index (κ3) is 3.10. The Bertz CT molecular complexity index is 451. The van der Waals surface area contributed by atoms with E-state index in [1.54, 1.807) is 6.07 Å². The molecule has 3 N–H and O–H groups in total. The lowest BCUT2D eigenvalue weighted by molar-refractivity contribution is 0.231. The van der Waals surface area contributed by atoms with E-state index in [9.17, 15) is 9.50 Å². The van der Waals surface area contributed by atoms with Gasteiger partial charge in [-0.25, -0.2) is 4.39 Å². The van der Waals surface area contributed by atoms with E-state index in [0.717, 1.165) is 25.2 Å². The molecule has 0 amide bonds. The Hall–Kier alpha value is -1.49. The van der Waals surface area contributed by atoms with E-state index < -0.39 is 5.82 Å². The maximum Gasteiger partial charge on any atom is 0.167 e. The molecule has 0 radical (unpaired) electrons. The monoisotopic (exact) mass is 268 g/mol. The number of anilines is 2. The van der Waals surface area contributed by atoms with Crippen molar-refractivity contribution in [3.05, 3.63) is 17.9 Å². The molecule has 1 aliphatic rings. The lowest BCUT2D eigenvalue weighted by atomic mass is 10.1. The number of aliphatic hydroxyl groups excluding tert-OH is 1. The van der Waals surface area contributed by atoms with Gasteiger partial charge >= 0.3 is 0 Å². The zero-order valence-electron chi connectivity index (χ0n) is 11.4. The number of benzene rings is 1. The molecule has 0 bridgehead atoms. The molecule has 1 aromatic carbocycles. The highest BCUT2D eigenvalue weighted by Crippen LogP contribution is 2.34. The van der Waals surface area contributed by atoms with Crippen molar-refractivity contribution >= 4 is 11.4 Å². The van der Waals surface area contributed by atoms with E-state index >= 15 is 0 Å². The van der Waals surface area contributed by atoms with Crippen LogP contribution in [0.15, 0.2) is 12.1 Å². The Labute approximate surface area is 113 Å². The highest BCUT2D eigenvalue weighted by molar-refractivity contribution is 5.70. The molecule has 0 spiro atoms. The van der Waals surface area contributed by atoms with Gasteiger partial charge in [-0.1, -0.05) is 0 Å². The Morgan fingerprint density at radius 3 is 2.84 bits per heavy atom. The maximum atomic E-state index is 13.8. The lowest BCUT2D eigenvalue weighted by Crippen LogP contribution is -2.22. The van der Waals surface area contributed by atoms with Gasteiger partial charge in [0.2, 0.25) is 0 Å². The number of nitrogen functional groups attached to an aromatic ring is 1. The van der Waals surface area contributed by atoms with Crippen LogP contribution in [0.1, 0.15) is 20.3 Å². The van der Waals surface area contributed by atoms with Crippen LogP contribution in [0.25, 0.3) is 0 Å². The van der Waals surface area contributed by atoms with Crippen molar-refractivity contribution in [3.63, 3.8) is 0 Å². The molecule has 0 saturated carbocycles. The first-order valence-electron chi connectivity index (χ1n) is 6.62. The van der Waals surface area contributed by atoms with Crippen LogP contribution in [-0.4, -0.2) is 30.9 Å². The second-order valence-corrected chi connectivity index (χ2v) is 5.29. The zero-order valence-corrected chi connectivity index (χ0v) is 11.4. The van der Waals surface area contributed by atoms with Crippen LogP contribution < -0.4 is 15.4 Å². The Morgan fingerprint density at radius 1 is 1.53 bits per heavy atom. The summed E-state index contributed by atoms with van der Waals surface area (Å²) in [4.78, 5) is 2.07. The van der Waals surface area contributed by atoms with E-state index in [1.807, 2.05) is 13.8 Å². The molecule has 1 aliphatic heterocycles. The second-order valence-electron chi connectivity index (χ2n) is 5.29. The molecule has 1 unspecified atom stereocenters. The standard InChI is InChI=1S/C14H21FN2O2/c1-9(2)19-14-6-13(12(16)5-11(14)15)17-4-3-10(7-17)8-18/h5-6,9-10,18H,3-4,7-8,16H2,1-2H3. The fourth-order valence-electron chi connectivity index (χ4n) is 2.38. The van der Waals surface area contributed by atoms with Gasteiger partial charge in [0.25, 0.3) is 0 Å². The van der Waals surface area contributed by atoms with Crippen molar-refractivity contribution in [1.82, 2.24) is 0 Å². The normalized spacial score (nSPS) is 19.2. The van der Waals surface area contributed by atoms with Gasteiger partial charge in [-0.3, -0.25) is 0 Å². The highest BCUT2D eigenvalue weighted by Gasteiger charge is 2.24. The van der Waals surface area contributed by atoms with Crippen molar-refractivity contribution < 1.29 is 14.2 Å². The van der Waals surface area contributed by atoms with Crippen LogP contribution in [0, 0.1) is 11.7 Å². The van der Waals surface area contributed by atoms with Crippen LogP contribution in [0.3, 0.4) is 0 Å². The van der Waals surface area contributed by atoms with E-state index in [-0.39, 0.29) is 24.4 Å². The third-order valence-corrected chi connectivity index (χ3v) is 3.33. The van der Waals surface area contributed by atoms with Crippen molar-refractivity contribution in [1.29, 1.82) is 0 Å². The molecule has 0 aliphatic carbocycles. The van der Waals surface area contributed by atoms with Crippen LogP contribution in [0.4, 0.5) is 15.8 Å².